The molecular formula is C24H28N4O3. The zero-order chi connectivity index (χ0) is 21.6. The highest BCUT2D eigenvalue weighted by Crippen LogP contribution is 2.22. The standard InChI is InChI=1S/C24H28N4O3/c29-22(25-20-6-2-1-3-7-20)18-26-14-16-27(17-15-26)24(31)19-9-11-21(12-10-19)28-13-5-4-8-23(28)30/h1-3,6-7,9-12H,4-5,8,13-18H2,(H,25,29). The molecule has 2 heterocycles. The molecule has 0 saturated carbocycles. The quantitative estimate of drug-likeness (QED) is 0.807. The fourth-order valence-electron chi connectivity index (χ4n) is 4.08. The molecule has 7 heteroatoms. The van der Waals surface area contributed by atoms with Crippen LogP contribution in [0.1, 0.15) is 29.6 Å². The van der Waals surface area contributed by atoms with Crippen molar-refractivity contribution < 1.29 is 14.4 Å². The van der Waals surface area contributed by atoms with Gasteiger partial charge in [0.05, 0.1) is 6.54 Å². The summed E-state index contributed by atoms with van der Waals surface area (Å²) in [6.45, 7) is 3.55. The van der Waals surface area contributed by atoms with Crippen molar-refractivity contribution in [3.8, 4) is 0 Å². The van der Waals surface area contributed by atoms with E-state index >= 15 is 0 Å². The number of hydrogen-bond donors (Lipinski definition) is 1. The average molecular weight is 421 g/mol. The highest BCUT2D eigenvalue weighted by atomic mass is 16.2. The molecule has 31 heavy (non-hydrogen) atoms. The van der Waals surface area contributed by atoms with Gasteiger partial charge in [0.15, 0.2) is 0 Å². The van der Waals surface area contributed by atoms with Crippen molar-refractivity contribution in [1.82, 2.24) is 9.80 Å². The van der Waals surface area contributed by atoms with Gasteiger partial charge in [-0.3, -0.25) is 19.3 Å². The summed E-state index contributed by atoms with van der Waals surface area (Å²) in [5.41, 5.74) is 2.27. The molecule has 0 spiro atoms. The maximum atomic E-state index is 12.9. The van der Waals surface area contributed by atoms with Gasteiger partial charge in [0.2, 0.25) is 11.8 Å². The minimum absolute atomic E-state index is 0.00934. The fourth-order valence-corrected chi connectivity index (χ4v) is 4.08. The molecule has 2 saturated heterocycles. The fraction of sp³-hybridized carbons (Fsp3) is 0.375. The van der Waals surface area contributed by atoms with Gasteiger partial charge in [0, 0.05) is 56.1 Å². The summed E-state index contributed by atoms with van der Waals surface area (Å²) in [6, 6.07) is 16.7. The molecule has 2 aromatic rings. The summed E-state index contributed by atoms with van der Waals surface area (Å²) >= 11 is 0. The zero-order valence-electron chi connectivity index (χ0n) is 17.6. The number of amides is 3. The smallest absolute Gasteiger partial charge is 0.253 e. The number of benzene rings is 2. The first-order valence-corrected chi connectivity index (χ1v) is 10.9. The molecule has 0 unspecified atom stereocenters. The highest BCUT2D eigenvalue weighted by molar-refractivity contribution is 5.97. The van der Waals surface area contributed by atoms with E-state index in [4.69, 9.17) is 0 Å². The molecule has 0 atom stereocenters. The Labute approximate surface area is 182 Å². The predicted molar refractivity (Wildman–Crippen MR) is 120 cm³/mol. The van der Waals surface area contributed by atoms with Gasteiger partial charge in [0.1, 0.15) is 0 Å². The number of piperidine rings is 1. The topological polar surface area (TPSA) is 73.0 Å². The molecule has 2 aromatic carbocycles. The van der Waals surface area contributed by atoms with Gasteiger partial charge in [-0.2, -0.15) is 0 Å². The maximum Gasteiger partial charge on any atom is 0.253 e. The van der Waals surface area contributed by atoms with Crippen LogP contribution in [0.2, 0.25) is 0 Å². The second kappa shape index (κ2) is 9.75. The van der Waals surface area contributed by atoms with Crippen LogP contribution in [0.15, 0.2) is 54.6 Å². The van der Waals surface area contributed by atoms with E-state index in [1.165, 1.54) is 0 Å². The zero-order valence-corrected chi connectivity index (χ0v) is 17.6. The van der Waals surface area contributed by atoms with Gasteiger partial charge >= 0.3 is 0 Å². The average Bonchev–Trinajstić information content (AvgIpc) is 2.80. The molecule has 2 aliphatic rings. The Morgan fingerprint density at radius 1 is 0.839 bits per heavy atom. The van der Waals surface area contributed by atoms with Gasteiger partial charge in [-0.05, 0) is 49.2 Å². The normalized spacial score (nSPS) is 17.5. The Kier molecular flexibility index (Phi) is 6.62. The van der Waals surface area contributed by atoms with Crippen LogP contribution in [-0.2, 0) is 9.59 Å². The SMILES string of the molecule is O=C(CN1CCN(C(=O)c2ccc(N3CCCCC3=O)cc2)CC1)Nc1ccccc1. The molecule has 3 amide bonds. The number of anilines is 2. The van der Waals surface area contributed by atoms with Crippen LogP contribution in [0, 0.1) is 0 Å². The summed E-state index contributed by atoms with van der Waals surface area (Å²) < 4.78 is 0. The summed E-state index contributed by atoms with van der Waals surface area (Å²) in [7, 11) is 0. The monoisotopic (exact) mass is 420 g/mol. The number of carbonyl (C=O) groups is 3. The Hall–Kier alpha value is -3.19. The van der Waals surface area contributed by atoms with Crippen LogP contribution in [-0.4, -0.2) is 66.8 Å². The molecule has 2 fully saturated rings. The molecule has 0 radical (unpaired) electrons. The Morgan fingerprint density at radius 2 is 1.55 bits per heavy atom. The number of hydrogen-bond acceptors (Lipinski definition) is 4. The van der Waals surface area contributed by atoms with Crippen molar-refractivity contribution in [2.45, 2.75) is 19.3 Å². The maximum absolute atomic E-state index is 12.9. The molecule has 0 aliphatic carbocycles. The van der Waals surface area contributed by atoms with Crippen molar-refractivity contribution in [3.05, 3.63) is 60.2 Å². The van der Waals surface area contributed by atoms with Crippen LogP contribution < -0.4 is 10.2 Å². The number of nitrogens with one attached hydrogen (secondary N) is 1. The highest BCUT2D eigenvalue weighted by Gasteiger charge is 2.24. The molecule has 2 aliphatic heterocycles. The van der Waals surface area contributed by atoms with Crippen molar-refractivity contribution in [3.63, 3.8) is 0 Å². The van der Waals surface area contributed by atoms with Crippen LogP contribution in [0.3, 0.4) is 0 Å². The van der Waals surface area contributed by atoms with Gasteiger partial charge in [-0.1, -0.05) is 18.2 Å². The van der Waals surface area contributed by atoms with Gasteiger partial charge in [-0.15, -0.1) is 0 Å². The first-order valence-electron chi connectivity index (χ1n) is 10.9. The second-order valence-electron chi connectivity index (χ2n) is 8.03. The van der Waals surface area contributed by atoms with Gasteiger partial charge in [0.25, 0.3) is 5.91 Å². The van der Waals surface area contributed by atoms with Crippen molar-refractivity contribution >= 4 is 29.1 Å². The van der Waals surface area contributed by atoms with Crippen LogP contribution in [0.25, 0.3) is 0 Å². The lowest BCUT2D eigenvalue weighted by Gasteiger charge is -2.34. The van der Waals surface area contributed by atoms with Gasteiger partial charge in [-0.25, -0.2) is 0 Å². The molecule has 0 aromatic heterocycles. The predicted octanol–water partition coefficient (Wildman–Crippen LogP) is 2.60. The first kappa shape index (κ1) is 21.1. The largest absolute Gasteiger partial charge is 0.336 e. The van der Waals surface area contributed by atoms with E-state index in [9.17, 15) is 14.4 Å². The minimum Gasteiger partial charge on any atom is -0.336 e. The van der Waals surface area contributed by atoms with Crippen molar-refractivity contribution in [2.24, 2.45) is 0 Å². The van der Waals surface area contributed by atoms with Crippen LogP contribution in [0.4, 0.5) is 11.4 Å². The third-order valence-electron chi connectivity index (χ3n) is 5.83. The molecule has 0 bridgehead atoms. The van der Waals surface area contributed by atoms with E-state index in [1.54, 1.807) is 17.0 Å². The van der Waals surface area contributed by atoms with E-state index in [0.717, 1.165) is 30.8 Å². The first-order chi connectivity index (χ1) is 15.1. The summed E-state index contributed by atoms with van der Waals surface area (Å²) in [5, 5.41) is 2.90. The molecular weight excluding hydrogens is 392 g/mol. The Morgan fingerprint density at radius 3 is 2.23 bits per heavy atom. The van der Waals surface area contributed by atoms with Crippen molar-refractivity contribution in [2.75, 3.05) is 49.5 Å². The number of para-hydroxylation sites is 1. The van der Waals surface area contributed by atoms with E-state index < -0.39 is 0 Å². The molecule has 4 rings (SSSR count). The lowest BCUT2D eigenvalue weighted by Crippen LogP contribution is -2.50. The number of rotatable bonds is 5. The third-order valence-corrected chi connectivity index (χ3v) is 5.83. The van der Waals surface area contributed by atoms with Crippen LogP contribution in [0.5, 0.6) is 0 Å². The Bertz CT molecular complexity index is 922. The van der Waals surface area contributed by atoms with Crippen molar-refractivity contribution in [1.29, 1.82) is 0 Å². The molecule has 1 N–H and O–H groups in total. The van der Waals surface area contributed by atoms with Gasteiger partial charge < -0.3 is 15.1 Å². The second-order valence-corrected chi connectivity index (χ2v) is 8.03. The number of carbonyl (C=O) groups excluding carboxylic acids is 3. The lowest BCUT2D eigenvalue weighted by molar-refractivity contribution is -0.119. The summed E-state index contributed by atoms with van der Waals surface area (Å²) in [6.07, 6.45) is 2.56. The van der Waals surface area contributed by atoms with E-state index in [-0.39, 0.29) is 17.7 Å². The third kappa shape index (κ3) is 5.30. The Balaban J connectivity index is 1.27. The number of nitrogens with zero attached hydrogens (tertiary/aromatic N) is 3. The van der Waals surface area contributed by atoms with E-state index in [1.807, 2.05) is 47.4 Å². The van der Waals surface area contributed by atoms with E-state index in [0.29, 0.717) is 44.7 Å². The number of piperazine rings is 1. The lowest BCUT2D eigenvalue weighted by atomic mass is 10.1. The summed E-state index contributed by atoms with van der Waals surface area (Å²) in [4.78, 5) is 42.9. The van der Waals surface area contributed by atoms with Crippen LogP contribution >= 0.6 is 0 Å². The minimum atomic E-state index is -0.0474. The molecule has 7 nitrogen and oxygen atoms in total. The molecule has 162 valence electrons. The summed E-state index contributed by atoms with van der Waals surface area (Å²) in [5.74, 6) is 0.0940. The van der Waals surface area contributed by atoms with E-state index in [2.05, 4.69) is 10.2 Å².